The van der Waals surface area contributed by atoms with Gasteiger partial charge in [-0.2, -0.15) is 15.5 Å². The Bertz CT molecular complexity index is 1520. The molecule has 0 spiro atoms. The molecule has 1 fully saturated rings. The van der Waals surface area contributed by atoms with Crippen molar-refractivity contribution in [2.45, 2.75) is 38.8 Å². The number of hydrogen-bond donors (Lipinski definition) is 3. The Kier molecular flexibility index (Phi) is 5.80. The Morgan fingerprint density at radius 1 is 1.24 bits per heavy atom. The highest BCUT2D eigenvalue weighted by Crippen LogP contribution is 2.40. The first-order valence-electron chi connectivity index (χ1n) is 11.9. The second-order valence-corrected chi connectivity index (χ2v) is 10.1. The minimum absolute atomic E-state index is 0.0968. The zero-order valence-electron chi connectivity index (χ0n) is 20.8. The predicted octanol–water partition coefficient (Wildman–Crippen LogP) is 1.55. The van der Waals surface area contributed by atoms with E-state index in [1.165, 1.54) is 6.20 Å². The van der Waals surface area contributed by atoms with E-state index in [0.29, 0.717) is 41.1 Å². The number of aliphatic hydroxyl groups is 1. The van der Waals surface area contributed by atoms with Crippen molar-refractivity contribution < 1.29 is 9.90 Å². The first-order valence-corrected chi connectivity index (χ1v) is 11.9. The molecular weight excluding hydrogens is 472 g/mol. The highest BCUT2D eigenvalue weighted by molar-refractivity contribution is 6.04. The van der Waals surface area contributed by atoms with Crippen LogP contribution in [0.1, 0.15) is 48.4 Å². The summed E-state index contributed by atoms with van der Waals surface area (Å²) in [7, 11) is 0. The molecule has 4 aromatic heterocycles. The van der Waals surface area contributed by atoms with Gasteiger partial charge in [0.15, 0.2) is 11.5 Å². The molecule has 37 heavy (non-hydrogen) atoms. The maximum atomic E-state index is 12.4. The fraction of sp³-hybridized carbons (Fsp3) is 0.360. The van der Waals surface area contributed by atoms with Gasteiger partial charge >= 0.3 is 0 Å². The fourth-order valence-corrected chi connectivity index (χ4v) is 5.02. The number of nitrogens with zero attached hydrogens (tertiary/aromatic N) is 8. The normalized spacial score (nSPS) is 17.9. The van der Waals surface area contributed by atoms with Crippen molar-refractivity contribution in [2.24, 2.45) is 11.7 Å². The van der Waals surface area contributed by atoms with E-state index in [2.05, 4.69) is 33.0 Å². The Labute approximate surface area is 213 Å². The summed E-state index contributed by atoms with van der Waals surface area (Å²) < 4.78 is 3.41. The number of fused-ring (bicyclic) bond motifs is 1. The molecule has 0 aromatic carbocycles. The molecule has 5 heterocycles. The van der Waals surface area contributed by atoms with Gasteiger partial charge in [0.05, 0.1) is 40.2 Å². The van der Waals surface area contributed by atoms with Crippen molar-refractivity contribution in [1.29, 1.82) is 5.26 Å². The minimum atomic E-state index is -1.10. The van der Waals surface area contributed by atoms with Gasteiger partial charge in [0.1, 0.15) is 11.9 Å². The number of primary amides is 1. The van der Waals surface area contributed by atoms with E-state index in [-0.39, 0.29) is 29.8 Å². The Morgan fingerprint density at radius 2 is 2.03 bits per heavy atom. The number of nitrogen functional groups attached to an aromatic ring is 1. The van der Waals surface area contributed by atoms with E-state index >= 15 is 0 Å². The SMILES string of the molecule is C[C@H]1CN(c2ccc(C#N)cn2)C[C@H]1n1nc(N)c(-c2c(C(N)=O)cnn3ccnc23)c1CC(C)(C)O. The van der Waals surface area contributed by atoms with E-state index in [9.17, 15) is 9.90 Å². The van der Waals surface area contributed by atoms with Gasteiger partial charge < -0.3 is 21.5 Å². The molecule has 0 aliphatic carbocycles. The summed E-state index contributed by atoms with van der Waals surface area (Å²) in [6, 6.07) is 5.57. The zero-order valence-corrected chi connectivity index (χ0v) is 20.8. The van der Waals surface area contributed by atoms with E-state index < -0.39 is 11.5 Å². The molecule has 0 unspecified atom stereocenters. The highest BCUT2D eigenvalue weighted by Gasteiger charge is 2.37. The number of pyridine rings is 1. The number of nitrogens with two attached hydrogens (primary N) is 2. The van der Waals surface area contributed by atoms with Gasteiger partial charge in [0.2, 0.25) is 0 Å². The summed E-state index contributed by atoms with van der Waals surface area (Å²) in [5.74, 6) is 0.466. The van der Waals surface area contributed by atoms with Crippen LogP contribution in [0.2, 0.25) is 0 Å². The van der Waals surface area contributed by atoms with Gasteiger partial charge in [0, 0.05) is 43.7 Å². The quantitative estimate of drug-likeness (QED) is 0.354. The van der Waals surface area contributed by atoms with Gasteiger partial charge in [-0.3, -0.25) is 9.48 Å². The molecule has 0 radical (unpaired) electrons. The summed E-state index contributed by atoms with van der Waals surface area (Å²) in [5, 5.41) is 28.9. The first kappa shape index (κ1) is 24.2. The summed E-state index contributed by atoms with van der Waals surface area (Å²) in [5.41, 5.74) is 13.9. The van der Waals surface area contributed by atoms with Crippen molar-refractivity contribution in [2.75, 3.05) is 23.7 Å². The lowest BCUT2D eigenvalue weighted by atomic mass is 9.94. The molecule has 190 valence electrons. The summed E-state index contributed by atoms with van der Waals surface area (Å²) in [6.07, 6.45) is 6.42. The lowest BCUT2D eigenvalue weighted by Crippen LogP contribution is -2.28. The number of nitriles is 1. The van der Waals surface area contributed by atoms with Crippen LogP contribution in [-0.4, -0.2) is 59.1 Å². The molecule has 0 bridgehead atoms. The van der Waals surface area contributed by atoms with Crippen LogP contribution in [0.15, 0.2) is 36.9 Å². The van der Waals surface area contributed by atoms with Gasteiger partial charge in [-0.15, -0.1) is 0 Å². The number of imidazole rings is 1. The molecule has 0 saturated carbocycles. The van der Waals surface area contributed by atoms with Crippen molar-refractivity contribution in [3.8, 4) is 17.2 Å². The molecule has 1 aliphatic rings. The standard InChI is InChI=1S/C25H28N10O2/c1-14-12-33(19-5-4-15(9-26)10-30-19)13-18(14)35-17(8-25(2,3)37)21(22(27)32-35)20-16(23(28)36)11-31-34-7-6-29-24(20)34/h4-7,10-11,14,18,37H,8,12-13H2,1-3H3,(H2,27,32)(H2,28,36)/t14-,18+/m0/s1. The third-order valence-electron chi connectivity index (χ3n) is 6.67. The van der Waals surface area contributed by atoms with Crippen LogP contribution in [0.5, 0.6) is 0 Å². The van der Waals surface area contributed by atoms with E-state index in [1.807, 2.05) is 10.7 Å². The predicted molar refractivity (Wildman–Crippen MR) is 137 cm³/mol. The van der Waals surface area contributed by atoms with Gasteiger partial charge in [-0.25, -0.2) is 14.5 Å². The number of aromatic nitrogens is 6. The summed E-state index contributed by atoms with van der Waals surface area (Å²) in [4.78, 5) is 23.4. The molecule has 4 aromatic rings. The molecule has 1 amide bonds. The van der Waals surface area contributed by atoms with Crippen molar-refractivity contribution in [1.82, 2.24) is 29.4 Å². The highest BCUT2D eigenvalue weighted by atomic mass is 16.3. The molecule has 5 N–H and O–H groups in total. The van der Waals surface area contributed by atoms with Crippen molar-refractivity contribution in [3.05, 3.63) is 53.7 Å². The molecule has 2 atom stereocenters. The molecular formula is C25H28N10O2. The van der Waals surface area contributed by atoms with Crippen LogP contribution in [0.25, 0.3) is 16.8 Å². The lowest BCUT2D eigenvalue weighted by Gasteiger charge is -2.24. The molecule has 12 heteroatoms. The van der Waals surface area contributed by atoms with Crippen LogP contribution in [-0.2, 0) is 6.42 Å². The van der Waals surface area contributed by atoms with Gasteiger partial charge in [-0.1, -0.05) is 6.92 Å². The van der Waals surface area contributed by atoms with Gasteiger partial charge in [-0.05, 0) is 31.9 Å². The van der Waals surface area contributed by atoms with Gasteiger partial charge in [0.25, 0.3) is 5.91 Å². The minimum Gasteiger partial charge on any atom is -0.390 e. The van der Waals surface area contributed by atoms with Crippen molar-refractivity contribution in [3.63, 3.8) is 0 Å². The van der Waals surface area contributed by atoms with Crippen LogP contribution < -0.4 is 16.4 Å². The van der Waals surface area contributed by atoms with Crippen LogP contribution in [0.4, 0.5) is 11.6 Å². The summed E-state index contributed by atoms with van der Waals surface area (Å²) >= 11 is 0. The Morgan fingerprint density at radius 3 is 2.68 bits per heavy atom. The zero-order chi connectivity index (χ0) is 26.5. The van der Waals surface area contributed by atoms with E-state index in [1.54, 1.807) is 43.0 Å². The lowest BCUT2D eigenvalue weighted by molar-refractivity contribution is 0.0780. The maximum Gasteiger partial charge on any atom is 0.251 e. The smallest absolute Gasteiger partial charge is 0.251 e. The number of carbonyl (C=O) groups is 1. The number of carbonyl (C=O) groups excluding carboxylic acids is 1. The number of rotatable bonds is 6. The average molecular weight is 501 g/mol. The second-order valence-electron chi connectivity index (χ2n) is 10.1. The van der Waals surface area contributed by atoms with Crippen LogP contribution in [0.3, 0.4) is 0 Å². The third kappa shape index (κ3) is 4.34. The Hall–Kier alpha value is -4.50. The number of hydrogen-bond acceptors (Lipinski definition) is 9. The summed E-state index contributed by atoms with van der Waals surface area (Å²) in [6.45, 7) is 6.85. The fourth-order valence-electron chi connectivity index (χ4n) is 5.02. The molecule has 12 nitrogen and oxygen atoms in total. The van der Waals surface area contributed by atoms with Crippen LogP contribution in [0, 0.1) is 17.2 Å². The monoisotopic (exact) mass is 500 g/mol. The second kappa shape index (κ2) is 8.86. The number of anilines is 2. The average Bonchev–Trinajstić information content (AvgIpc) is 3.55. The van der Waals surface area contributed by atoms with E-state index in [4.69, 9.17) is 21.8 Å². The largest absolute Gasteiger partial charge is 0.390 e. The van der Waals surface area contributed by atoms with Crippen LogP contribution >= 0.6 is 0 Å². The third-order valence-corrected chi connectivity index (χ3v) is 6.67. The molecule has 1 saturated heterocycles. The molecule has 5 rings (SSSR count). The number of amides is 1. The first-order chi connectivity index (χ1) is 17.6. The van der Waals surface area contributed by atoms with E-state index in [0.717, 1.165) is 5.82 Å². The maximum absolute atomic E-state index is 12.4. The topological polar surface area (TPSA) is 177 Å². The van der Waals surface area contributed by atoms with Crippen molar-refractivity contribution >= 4 is 23.2 Å². The Balaban J connectivity index is 1.65. The molecule has 1 aliphatic heterocycles.